The Balaban J connectivity index is 2.29. The zero-order chi connectivity index (χ0) is 22.4. The van der Waals surface area contributed by atoms with Gasteiger partial charge < -0.3 is 18.6 Å². The summed E-state index contributed by atoms with van der Waals surface area (Å²) in [7, 11) is -1.74. The van der Waals surface area contributed by atoms with Crippen molar-refractivity contribution in [2.24, 2.45) is 0 Å². The molecule has 1 aliphatic rings. The minimum absolute atomic E-state index is 0.0245. The van der Waals surface area contributed by atoms with Gasteiger partial charge in [0, 0.05) is 25.7 Å². The van der Waals surface area contributed by atoms with Gasteiger partial charge in [0.2, 0.25) is 6.54 Å². The zero-order valence-electron chi connectivity index (χ0n) is 17.9. The summed E-state index contributed by atoms with van der Waals surface area (Å²) in [5, 5.41) is 0. The number of rotatable bonds is 9. The molecule has 0 bridgehead atoms. The first-order valence-electron chi connectivity index (χ1n) is 10.0. The van der Waals surface area contributed by atoms with Crippen LogP contribution in [0.3, 0.4) is 0 Å². The summed E-state index contributed by atoms with van der Waals surface area (Å²) in [5.74, 6) is 0. The topological polar surface area (TPSA) is 90.2 Å². The number of nitrogens with zero attached hydrogens (tertiary/aromatic N) is 3. The van der Waals surface area contributed by atoms with Gasteiger partial charge in [-0.1, -0.05) is 0 Å². The fourth-order valence-electron chi connectivity index (χ4n) is 3.07. The highest BCUT2D eigenvalue weighted by atomic mass is 31.2. The van der Waals surface area contributed by atoms with Crippen molar-refractivity contribution in [3.63, 3.8) is 0 Å². The van der Waals surface area contributed by atoms with Crippen molar-refractivity contribution in [3.05, 3.63) is 44.5 Å². The van der Waals surface area contributed by atoms with Crippen molar-refractivity contribution in [3.8, 4) is 0 Å². The predicted molar refractivity (Wildman–Crippen MR) is 107 cm³/mol. The number of ether oxygens (including phenoxy) is 1. The minimum atomic E-state index is -1.76. The van der Waals surface area contributed by atoms with Crippen molar-refractivity contribution in [2.75, 3.05) is 13.2 Å². The lowest BCUT2D eigenvalue weighted by atomic mass is 10.2. The van der Waals surface area contributed by atoms with Crippen LogP contribution in [0.4, 0.5) is 4.39 Å². The first-order chi connectivity index (χ1) is 14.2. The van der Waals surface area contributed by atoms with E-state index in [1.165, 1.54) is 0 Å². The normalized spacial score (nSPS) is 26.1. The molecule has 1 aromatic heterocycles. The van der Waals surface area contributed by atoms with Gasteiger partial charge in [0.1, 0.15) is 12.7 Å². The van der Waals surface area contributed by atoms with Crippen molar-refractivity contribution in [1.29, 1.82) is 0 Å². The van der Waals surface area contributed by atoms with E-state index in [4.69, 9.17) is 21.7 Å². The number of nitrogens with one attached hydrogen (secondary N) is 1. The molecule has 1 N–H and O–H groups in total. The number of hydrogen-bond acceptors (Lipinski definition) is 6. The summed E-state index contributed by atoms with van der Waals surface area (Å²) < 4.78 is 43.5. The first kappa shape index (κ1) is 22.1. The molecule has 1 unspecified atom stereocenters. The van der Waals surface area contributed by atoms with E-state index in [1.807, 2.05) is 32.4 Å². The van der Waals surface area contributed by atoms with E-state index >= 15 is 4.39 Å². The third-order valence-electron chi connectivity index (χ3n) is 4.26. The van der Waals surface area contributed by atoms with Gasteiger partial charge in [0.15, 0.2) is 12.4 Å². The molecule has 2 rings (SSSR count). The van der Waals surface area contributed by atoms with Crippen molar-refractivity contribution >= 4 is 8.53 Å². The Labute approximate surface area is 172 Å². The molecule has 0 aliphatic carbocycles. The van der Waals surface area contributed by atoms with Gasteiger partial charge in [0.05, 0.1) is 6.10 Å². The summed E-state index contributed by atoms with van der Waals surface area (Å²) in [4.78, 5) is 28.7. The second-order valence-corrected chi connectivity index (χ2v) is 8.52. The lowest BCUT2D eigenvalue weighted by Gasteiger charge is -2.37. The van der Waals surface area contributed by atoms with Crippen LogP contribution in [0.25, 0.3) is 4.85 Å². The van der Waals surface area contributed by atoms with Gasteiger partial charge in [-0.25, -0.2) is 20.4 Å². The molecule has 29 heavy (non-hydrogen) atoms. The zero-order valence-corrected chi connectivity index (χ0v) is 17.8. The number of aromatic nitrogens is 2. The second-order valence-electron chi connectivity index (χ2n) is 7.12. The quantitative estimate of drug-likeness (QED) is 0.367. The highest BCUT2D eigenvalue weighted by Gasteiger charge is 2.47. The Morgan fingerprint density at radius 2 is 2.14 bits per heavy atom. The lowest BCUT2D eigenvalue weighted by molar-refractivity contribution is -0.0180. The molecule has 1 saturated heterocycles. The summed E-state index contributed by atoms with van der Waals surface area (Å²) >= 11 is 0. The SMILES string of the molecule is [2H]C[C@H]1O[C@@H](n2ccc(=O)[nH]c2=O)[C@H](F)[C@@H]1OP(OCC[N+]#[C-])N(C(C)C)C(C)C. The van der Waals surface area contributed by atoms with Gasteiger partial charge in [0.25, 0.3) is 14.1 Å². The maximum absolute atomic E-state index is 15.4. The molecule has 5 atom stereocenters. The fraction of sp³-hybridized carbons (Fsp3) is 0.722. The standard InChI is InChI=1S/C18H28FN4O5P/c1-11(2)23(12(3)4)29(26-10-8-20-6)28-16-13(5)27-17(15(16)19)22-9-7-14(24)21-18(22)25/h7,9,11-13,15-17H,8,10H2,1-5H3,(H,21,24,25)/t13-,15-,16-,17-,29?/m1/s1/i5D. The summed E-state index contributed by atoms with van der Waals surface area (Å²) in [5.41, 5.74) is -1.41. The predicted octanol–water partition coefficient (Wildman–Crippen LogP) is 2.46. The van der Waals surface area contributed by atoms with E-state index < -0.39 is 44.4 Å². The number of hydrogen-bond donors (Lipinski definition) is 1. The lowest BCUT2D eigenvalue weighted by Crippen LogP contribution is -2.38. The largest absolute Gasteiger partial charge is 0.349 e. The molecular formula is C18H28FN4O5P. The average molecular weight is 431 g/mol. The molecule has 11 heteroatoms. The maximum Gasteiger partial charge on any atom is 0.330 e. The number of H-pyrrole nitrogens is 1. The Bertz CT molecular complexity index is 837. The van der Waals surface area contributed by atoms with Gasteiger partial charge in [-0.2, -0.15) is 0 Å². The van der Waals surface area contributed by atoms with E-state index in [9.17, 15) is 9.59 Å². The monoisotopic (exact) mass is 431 g/mol. The van der Waals surface area contributed by atoms with Crippen LogP contribution in [0, 0.1) is 6.57 Å². The number of alkyl halides is 1. The molecule has 9 nitrogen and oxygen atoms in total. The molecule has 0 saturated carbocycles. The smallest absolute Gasteiger partial charge is 0.330 e. The van der Waals surface area contributed by atoms with Crippen LogP contribution in [0.1, 0.15) is 42.2 Å². The molecule has 1 fully saturated rings. The summed E-state index contributed by atoms with van der Waals surface area (Å²) in [6.07, 6.45) is -4.02. The van der Waals surface area contributed by atoms with E-state index in [0.717, 1.165) is 16.8 Å². The average Bonchev–Trinajstić information content (AvgIpc) is 2.97. The van der Waals surface area contributed by atoms with Crippen molar-refractivity contribution in [1.82, 2.24) is 14.2 Å². The fourth-order valence-corrected chi connectivity index (χ4v) is 4.82. The highest BCUT2D eigenvalue weighted by molar-refractivity contribution is 7.44. The Kier molecular flexibility index (Phi) is 7.92. The van der Waals surface area contributed by atoms with Crippen molar-refractivity contribution < 1.29 is 19.5 Å². The van der Waals surface area contributed by atoms with E-state index in [-0.39, 0.29) is 32.1 Å². The molecule has 1 aromatic rings. The number of halogens is 1. The molecule has 0 spiro atoms. The van der Waals surface area contributed by atoms with Crippen LogP contribution in [0.5, 0.6) is 0 Å². The van der Waals surface area contributed by atoms with Crippen LogP contribution in [0.2, 0.25) is 0 Å². The minimum Gasteiger partial charge on any atom is -0.349 e. The van der Waals surface area contributed by atoms with E-state index in [2.05, 4.69) is 9.83 Å². The Morgan fingerprint density at radius 1 is 1.45 bits per heavy atom. The van der Waals surface area contributed by atoms with Gasteiger partial charge in [-0.15, -0.1) is 0 Å². The van der Waals surface area contributed by atoms with Gasteiger partial charge in [-0.05, 0) is 34.6 Å². The molecule has 0 radical (unpaired) electrons. The van der Waals surface area contributed by atoms with Crippen molar-refractivity contribution in [2.45, 2.75) is 71.3 Å². The van der Waals surface area contributed by atoms with E-state index in [1.54, 1.807) is 0 Å². The molecule has 0 aromatic carbocycles. The molecular weight excluding hydrogens is 402 g/mol. The first-order valence-corrected chi connectivity index (χ1v) is 10.5. The third kappa shape index (κ3) is 5.71. The van der Waals surface area contributed by atoms with Crippen LogP contribution in [-0.2, 0) is 13.8 Å². The molecule has 0 amide bonds. The summed E-state index contributed by atoms with van der Waals surface area (Å²) in [6.45, 7) is 14.8. The van der Waals surface area contributed by atoms with Gasteiger partial charge in [-0.3, -0.25) is 14.3 Å². The second kappa shape index (κ2) is 10.4. The van der Waals surface area contributed by atoms with Crippen LogP contribution in [0.15, 0.2) is 21.9 Å². The van der Waals surface area contributed by atoms with E-state index in [0.29, 0.717) is 0 Å². The highest BCUT2D eigenvalue weighted by Crippen LogP contribution is 2.50. The molecule has 2 heterocycles. The van der Waals surface area contributed by atoms with Gasteiger partial charge >= 0.3 is 5.69 Å². The van der Waals surface area contributed by atoms with Crippen LogP contribution in [-0.4, -0.2) is 57.8 Å². The third-order valence-corrected chi connectivity index (χ3v) is 6.38. The molecule has 1 aliphatic heterocycles. The van der Waals surface area contributed by atoms with Crippen LogP contribution < -0.4 is 11.2 Å². The summed E-state index contributed by atoms with van der Waals surface area (Å²) in [6, 6.07) is 1.15. The Morgan fingerprint density at radius 3 is 2.69 bits per heavy atom. The maximum atomic E-state index is 15.4. The Hall–Kier alpha value is -1.63. The number of aromatic amines is 1. The van der Waals surface area contributed by atoms with Crippen LogP contribution >= 0.6 is 8.53 Å². The molecule has 162 valence electrons.